The maximum atomic E-state index is 12.7. The molecule has 0 saturated carbocycles. The Morgan fingerprint density at radius 2 is 2.11 bits per heavy atom. The summed E-state index contributed by atoms with van der Waals surface area (Å²) in [7, 11) is 0. The monoisotopic (exact) mass is 387 g/mol. The fourth-order valence-corrected chi connectivity index (χ4v) is 3.43. The van der Waals surface area contributed by atoms with E-state index in [0.717, 1.165) is 0 Å². The van der Waals surface area contributed by atoms with Crippen molar-refractivity contribution in [3.05, 3.63) is 29.3 Å². The summed E-state index contributed by atoms with van der Waals surface area (Å²) in [5.74, 6) is -1.30. The number of nitrogens with one attached hydrogen (secondary N) is 2. The first-order valence-electron chi connectivity index (χ1n) is 9.13. The van der Waals surface area contributed by atoms with E-state index in [9.17, 15) is 24.0 Å². The molecule has 0 radical (unpaired) electrons. The highest BCUT2D eigenvalue weighted by Gasteiger charge is 2.39. The number of anilines is 1. The van der Waals surface area contributed by atoms with Gasteiger partial charge in [0.15, 0.2) is 0 Å². The number of amides is 4. The van der Waals surface area contributed by atoms with Crippen LogP contribution in [0.5, 0.6) is 0 Å². The quantitative estimate of drug-likeness (QED) is 0.385. The minimum absolute atomic E-state index is 0.188. The lowest BCUT2D eigenvalue weighted by atomic mass is 10.0. The molecule has 2 N–H and O–H groups in total. The molecule has 1 atom stereocenters. The Morgan fingerprint density at radius 1 is 1.29 bits per heavy atom. The van der Waals surface area contributed by atoms with Gasteiger partial charge >= 0.3 is 0 Å². The number of carbonyl (C=O) groups is 5. The number of hydrogen-bond acceptors (Lipinski definition) is 6. The SMILES string of the molecule is O=COCCCCC(=O)Nc1cccc2c1CN(C1CCC(=O)NC1=O)C2=O. The van der Waals surface area contributed by atoms with Crippen LogP contribution < -0.4 is 10.6 Å². The lowest BCUT2D eigenvalue weighted by Crippen LogP contribution is -2.52. The van der Waals surface area contributed by atoms with Gasteiger partial charge in [-0.3, -0.25) is 29.3 Å². The van der Waals surface area contributed by atoms with Crippen LogP contribution in [-0.4, -0.2) is 47.6 Å². The van der Waals surface area contributed by atoms with Crippen LogP contribution in [-0.2, 0) is 30.5 Å². The summed E-state index contributed by atoms with van der Waals surface area (Å²) in [5.41, 5.74) is 1.64. The maximum Gasteiger partial charge on any atom is 0.293 e. The van der Waals surface area contributed by atoms with E-state index in [4.69, 9.17) is 0 Å². The molecule has 9 nitrogen and oxygen atoms in total. The molecule has 0 aliphatic carbocycles. The first-order chi connectivity index (χ1) is 13.5. The zero-order chi connectivity index (χ0) is 20.1. The zero-order valence-corrected chi connectivity index (χ0v) is 15.2. The molecule has 9 heteroatoms. The summed E-state index contributed by atoms with van der Waals surface area (Å²) >= 11 is 0. The molecule has 0 aromatic heterocycles. The van der Waals surface area contributed by atoms with E-state index in [1.54, 1.807) is 18.2 Å². The number of hydrogen-bond donors (Lipinski definition) is 2. The van der Waals surface area contributed by atoms with Gasteiger partial charge in [-0.25, -0.2) is 0 Å². The third-order valence-corrected chi connectivity index (χ3v) is 4.84. The van der Waals surface area contributed by atoms with Crippen molar-refractivity contribution in [3.8, 4) is 0 Å². The maximum absolute atomic E-state index is 12.7. The molecular weight excluding hydrogens is 366 g/mol. The molecular formula is C19H21N3O6. The van der Waals surface area contributed by atoms with Gasteiger partial charge in [-0.2, -0.15) is 0 Å². The number of imide groups is 1. The van der Waals surface area contributed by atoms with E-state index in [1.165, 1.54) is 4.90 Å². The van der Waals surface area contributed by atoms with E-state index in [1.807, 2.05) is 0 Å². The van der Waals surface area contributed by atoms with Crippen LogP contribution in [0.15, 0.2) is 18.2 Å². The topological polar surface area (TPSA) is 122 Å². The molecule has 1 unspecified atom stereocenters. The minimum Gasteiger partial charge on any atom is -0.468 e. The summed E-state index contributed by atoms with van der Waals surface area (Å²) in [4.78, 5) is 59.9. The van der Waals surface area contributed by atoms with Gasteiger partial charge < -0.3 is 15.0 Å². The van der Waals surface area contributed by atoms with E-state index in [0.29, 0.717) is 36.1 Å². The lowest BCUT2D eigenvalue weighted by Gasteiger charge is -2.29. The van der Waals surface area contributed by atoms with Crippen LogP contribution in [0, 0.1) is 0 Å². The van der Waals surface area contributed by atoms with Crippen LogP contribution in [0.3, 0.4) is 0 Å². The van der Waals surface area contributed by atoms with Gasteiger partial charge in [-0.1, -0.05) is 6.07 Å². The molecule has 148 valence electrons. The van der Waals surface area contributed by atoms with Gasteiger partial charge in [-0.15, -0.1) is 0 Å². The zero-order valence-electron chi connectivity index (χ0n) is 15.2. The number of benzene rings is 1. The van der Waals surface area contributed by atoms with Crippen LogP contribution in [0.25, 0.3) is 0 Å². The molecule has 1 saturated heterocycles. The Labute approximate surface area is 161 Å². The summed E-state index contributed by atoms with van der Waals surface area (Å²) in [6, 6.07) is 4.36. The highest BCUT2D eigenvalue weighted by molar-refractivity contribution is 6.06. The van der Waals surface area contributed by atoms with E-state index >= 15 is 0 Å². The average molecular weight is 387 g/mol. The molecule has 1 fully saturated rings. The number of rotatable bonds is 8. The molecule has 1 aromatic rings. The van der Waals surface area contributed by atoms with E-state index < -0.39 is 11.9 Å². The Kier molecular flexibility index (Phi) is 6.03. The Bertz CT molecular complexity index is 822. The van der Waals surface area contributed by atoms with Crippen LogP contribution in [0.2, 0.25) is 0 Å². The second-order valence-corrected chi connectivity index (χ2v) is 6.70. The smallest absolute Gasteiger partial charge is 0.293 e. The van der Waals surface area contributed by atoms with Crippen molar-refractivity contribution in [1.29, 1.82) is 0 Å². The molecule has 1 aromatic carbocycles. The average Bonchev–Trinajstić information content (AvgIpc) is 2.99. The number of carbonyl (C=O) groups excluding carboxylic acids is 5. The molecule has 3 rings (SSSR count). The van der Waals surface area contributed by atoms with Crippen molar-refractivity contribution in [2.45, 2.75) is 44.7 Å². The van der Waals surface area contributed by atoms with Crippen molar-refractivity contribution in [2.75, 3.05) is 11.9 Å². The van der Waals surface area contributed by atoms with E-state index in [-0.39, 0.29) is 50.1 Å². The molecule has 2 aliphatic rings. The minimum atomic E-state index is -0.695. The number of unbranched alkanes of at least 4 members (excludes halogenated alkanes) is 1. The summed E-state index contributed by atoms with van der Waals surface area (Å²) in [6.45, 7) is 0.843. The number of fused-ring (bicyclic) bond motifs is 1. The molecule has 0 spiro atoms. The second-order valence-electron chi connectivity index (χ2n) is 6.70. The van der Waals surface area contributed by atoms with Crippen molar-refractivity contribution in [2.24, 2.45) is 0 Å². The molecule has 2 heterocycles. The second kappa shape index (κ2) is 8.64. The molecule has 0 bridgehead atoms. The number of ether oxygens (including phenoxy) is 1. The summed E-state index contributed by atoms with van der Waals surface area (Å²) in [6.07, 6.45) is 1.89. The standard InChI is InChI=1S/C19H21N3O6/c23-11-28-9-2-1-6-16(24)20-14-5-3-4-12-13(14)10-22(19(12)27)15-7-8-17(25)21-18(15)26/h3-5,11,15H,1-2,6-10H2,(H,20,24)(H,21,25,26). The van der Waals surface area contributed by atoms with Crippen molar-refractivity contribution in [3.63, 3.8) is 0 Å². The fourth-order valence-electron chi connectivity index (χ4n) is 3.43. The number of piperidine rings is 1. The first kappa shape index (κ1) is 19.5. The third-order valence-electron chi connectivity index (χ3n) is 4.84. The Balaban J connectivity index is 1.65. The fraction of sp³-hybridized carbons (Fsp3) is 0.421. The Morgan fingerprint density at radius 3 is 2.86 bits per heavy atom. The van der Waals surface area contributed by atoms with Gasteiger partial charge in [-0.05, 0) is 31.4 Å². The molecule has 28 heavy (non-hydrogen) atoms. The van der Waals surface area contributed by atoms with Crippen LogP contribution in [0.1, 0.15) is 48.0 Å². The van der Waals surface area contributed by atoms with Gasteiger partial charge in [0, 0.05) is 36.2 Å². The largest absolute Gasteiger partial charge is 0.468 e. The van der Waals surface area contributed by atoms with Crippen LogP contribution >= 0.6 is 0 Å². The third kappa shape index (κ3) is 4.19. The van der Waals surface area contributed by atoms with Gasteiger partial charge in [0.05, 0.1) is 6.61 Å². The van der Waals surface area contributed by atoms with Gasteiger partial charge in [0.1, 0.15) is 6.04 Å². The van der Waals surface area contributed by atoms with Crippen molar-refractivity contribution >= 4 is 35.8 Å². The van der Waals surface area contributed by atoms with Crippen molar-refractivity contribution < 1.29 is 28.7 Å². The first-order valence-corrected chi connectivity index (χ1v) is 9.13. The lowest BCUT2D eigenvalue weighted by molar-refractivity contribution is -0.137. The summed E-state index contributed by atoms with van der Waals surface area (Å²) in [5, 5.41) is 5.08. The van der Waals surface area contributed by atoms with Crippen LogP contribution in [0.4, 0.5) is 5.69 Å². The normalized spacial score (nSPS) is 18.5. The van der Waals surface area contributed by atoms with Crippen molar-refractivity contribution in [1.82, 2.24) is 10.2 Å². The highest BCUT2D eigenvalue weighted by Crippen LogP contribution is 2.32. The van der Waals surface area contributed by atoms with E-state index in [2.05, 4.69) is 15.4 Å². The Hall–Kier alpha value is -3.23. The highest BCUT2D eigenvalue weighted by atomic mass is 16.5. The molecule has 2 aliphatic heterocycles. The van der Waals surface area contributed by atoms with Gasteiger partial charge in [0.2, 0.25) is 17.7 Å². The predicted octanol–water partition coefficient (Wildman–Crippen LogP) is 0.729. The predicted molar refractivity (Wildman–Crippen MR) is 97.0 cm³/mol. The number of nitrogens with zero attached hydrogens (tertiary/aromatic N) is 1. The molecule has 4 amide bonds. The summed E-state index contributed by atoms with van der Waals surface area (Å²) < 4.78 is 4.58. The van der Waals surface area contributed by atoms with Gasteiger partial charge in [0.25, 0.3) is 12.4 Å².